The van der Waals surface area contributed by atoms with Gasteiger partial charge >= 0.3 is 5.97 Å². The molecule has 0 radical (unpaired) electrons. The maximum Gasteiger partial charge on any atom is 0.354 e. The maximum absolute atomic E-state index is 11.2. The Morgan fingerprint density at radius 1 is 1.35 bits per heavy atom. The maximum atomic E-state index is 11.2. The zero-order chi connectivity index (χ0) is 14.7. The van der Waals surface area contributed by atoms with Crippen LogP contribution < -0.4 is 5.32 Å². The average molecular weight is 272 g/mol. The van der Waals surface area contributed by atoms with Gasteiger partial charge in [-0.05, 0) is 23.8 Å². The van der Waals surface area contributed by atoms with Crippen molar-refractivity contribution < 1.29 is 9.90 Å². The zero-order valence-corrected chi connectivity index (χ0v) is 12.1. The molecule has 106 valence electrons. The van der Waals surface area contributed by atoms with E-state index in [4.69, 9.17) is 0 Å². The summed E-state index contributed by atoms with van der Waals surface area (Å²) in [4.78, 5) is 15.5. The number of hydrogen-bond donors (Lipinski definition) is 2. The fourth-order valence-corrected chi connectivity index (χ4v) is 2.33. The first-order valence-electron chi connectivity index (χ1n) is 6.92. The predicted molar refractivity (Wildman–Crippen MR) is 81.2 cm³/mol. The molecule has 2 aromatic rings. The third kappa shape index (κ3) is 2.90. The lowest BCUT2D eigenvalue weighted by atomic mass is 10.0. The number of rotatable bonds is 5. The van der Waals surface area contributed by atoms with Crippen LogP contribution in [0.5, 0.6) is 0 Å². The average Bonchev–Trinajstić information content (AvgIpc) is 2.43. The van der Waals surface area contributed by atoms with E-state index in [0.717, 1.165) is 17.2 Å². The van der Waals surface area contributed by atoms with Crippen LogP contribution in [-0.4, -0.2) is 22.1 Å². The Bertz CT molecular complexity index is 623. The highest BCUT2D eigenvalue weighted by Crippen LogP contribution is 2.24. The molecule has 4 nitrogen and oxygen atoms in total. The largest absolute Gasteiger partial charge is 0.477 e. The molecule has 1 unspecified atom stereocenters. The first kappa shape index (κ1) is 14.3. The van der Waals surface area contributed by atoms with Gasteiger partial charge in [-0.25, -0.2) is 9.78 Å². The molecule has 20 heavy (non-hydrogen) atoms. The quantitative estimate of drug-likeness (QED) is 0.869. The molecule has 0 amide bonds. The van der Waals surface area contributed by atoms with Gasteiger partial charge in [0.1, 0.15) is 5.82 Å². The van der Waals surface area contributed by atoms with Crippen LogP contribution in [0.4, 0.5) is 5.82 Å². The minimum atomic E-state index is -1.00. The number of benzene rings is 1. The molecule has 0 bridgehead atoms. The van der Waals surface area contributed by atoms with Gasteiger partial charge in [0.15, 0.2) is 5.69 Å². The summed E-state index contributed by atoms with van der Waals surface area (Å²) in [5.74, 6) is 0.103. The Labute approximate surface area is 118 Å². The van der Waals surface area contributed by atoms with Gasteiger partial charge in [-0.3, -0.25) is 0 Å². The zero-order valence-electron chi connectivity index (χ0n) is 12.1. The molecule has 0 saturated heterocycles. The second kappa shape index (κ2) is 5.90. The van der Waals surface area contributed by atoms with Gasteiger partial charge in [0, 0.05) is 11.4 Å². The van der Waals surface area contributed by atoms with Crippen molar-refractivity contribution in [2.45, 2.75) is 33.2 Å². The number of hydrogen-bond acceptors (Lipinski definition) is 3. The summed E-state index contributed by atoms with van der Waals surface area (Å²) in [6, 6.07) is 9.59. The first-order valence-corrected chi connectivity index (χ1v) is 6.92. The Balaban J connectivity index is 2.52. The van der Waals surface area contributed by atoms with Crippen LogP contribution in [-0.2, 0) is 0 Å². The SMILES string of the molecule is CCC(Nc1nc(C(=O)O)cc2ccccc12)C(C)C. The Morgan fingerprint density at radius 3 is 2.65 bits per heavy atom. The van der Waals surface area contributed by atoms with E-state index in [1.54, 1.807) is 6.07 Å². The minimum Gasteiger partial charge on any atom is -0.477 e. The van der Waals surface area contributed by atoms with E-state index in [0.29, 0.717) is 11.7 Å². The van der Waals surface area contributed by atoms with Crippen molar-refractivity contribution in [3.63, 3.8) is 0 Å². The van der Waals surface area contributed by atoms with Gasteiger partial charge in [-0.2, -0.15) is 0 Å². The molecule has 1 aromatic heterocycles. The lowest BCUT2D eigenvalue weighted by molar-refractivity contribution is 0.0691. The molecule has 2 N–H and O–H groups in total. The number of pyridine rings is 1. The van der Waals surface area contributed by atoms with Gasteiger partial charge in [0.2, 0.25) is 0 Å². The van der Waals surface area contributed by atoms with Crippen molar-refractivity contribution in [1.82, 2.24) is 4.98 Å². The van der Waals surface area contributed by atoms with Crippen molar-refractivity contribution in [2.75, 3.05) is 5.32 Å². The summed E-state index contributed by atoms with van der Waals surface area (Å²) in [6.07, 6.45) is 0.963. The molecule has 0 aliphatic heterocycles. The second-order valence-corrected chi connectivity index (χ2v) is 5.29. The van der Waals surface area contributed by atoms with E-state index in [2.05, 4.69) is 31.1 Å². The van der Waals surface area contributed by atoms with Gasteiger partial charge in [0.05, 0.1) is 0 Å². The molecule has 0 aliphatic rings. The number of fused-ring (bicyclic) bond motifs is 1. The first-order chi connectivity index (χ1) is 9.52. The lowest BCUT2D eigenvalue weighted by Crippen LogP contribution is -2.25. The smallest absolute Gasteiger partial charge is 0.354 e. The minimum absolute atomic E-state index is 0.0739. The lowest BCUT2D eigenvalue weighted by Gasteiger charge is -2.22. The number of aromatic nitrogens is 1. The van der Waals surface area contributed by atoms with Crippen molar-refractivity contribution in [1.29, 1.82) is 0 Å². The number of carboxylic acids is 1. The highest BCUT2D eigenvalue weighted by atomic mass is 16.4. The third-order valence-corrected chi connectivity index (χ3v) is 3.53. The predicted octanol–water partition coefficient (Wildman–Crippen LogP) is 3.78. The summed E-state index contributed by atoms with van der Waals surface area (Å²) in [5.41, 5.74) is 0.0739. The van der Waals surface area contributed by atoms with Crippen LogP contribution in [0.1, 0.15) is 37.7 Å². The van der Waals surface area contributed by atoms with Crippen LogP contribution in [0.15, 0.2) is 30.3 Å². The van der Waals surface area contributed by atoms with E-state index in [9.17, 15) is 9.90 Å². The fourth-order valence-electron chi connectivity index (χ4n) is 2.33. The summed E-state index contributed by atoms with van der Waals surface area (Å²) in [7, 11) is 0. The molecule has 1 heterocycles. The van der Waals surface area contributed by atoms with Gasteiger partial charge in [-0.15, -0.1) is 0 Å². The van der Waals surface area contributed by atoms with Gasteiger partial charge < -0.3 is 10.4 Å². The molecule has 0 fully saturated rings. The fraction of sp³-hybridized carbons (Fsp3) is 0.375. The number of carboxylic acid groups (broad SMARTS) is 1. The Kier molecular flexibility index (Phi) is 4.23. The molecule has 0 spiro atoms. The van der Waals surface area contributed by atoms with Crippen LogP contribution in [0.2, 0.25) is 0 Å². The van der Waals surface area contributed by atoms with E-state index >= 15 is 0 Å². The number of carbonyl (C=O) groups is 1. The number of aromatic carboxylic acids is 1. The molecular formula is C16H20N2O2. The van der Waals surface area contributed by atoms with Crippen molar-refractivity contribution >= 4 is 22.6 Å². The molecule has 0 saturated carbocycles. The van der Waals surface area contributed by atoms with Crippen LogP contribution in [0.3, 0.4) is 0 Å². The van der Waals surface area contributed by atoms with Gasteiger partial charge in [-0.1, -0.05) is 45.0 Å². The topological polar surface area (TPSA) is 62.2 Å². The summed E-state index contributed by atoms with van der Waals surface area (Å²) in [5, 5.41) is 14.4. The van der Waals surface area contributed by atoms with Crippen molar-refractivity contribution in [3.05, 3.63) is 36.0 Å². The molecule has 0 aliphatic carbocycles. The van der Waals surface area contributed by atoms with E-state index in [-0.39, 0.29) is 11.7 Å². The van der Waals surface area contributed by atoms with Crippen molar-refractivity contribution in [2.24, 2.45) is 5.92 Å². The Hall–Kier alpha value is -2.10. The summed E-state index contributed by atoms with van der Waals surface area (Å²) < 4.78 is 0. The summed E-state index contributed by atoms with van der Waals surface area (Å²) in [6.45, 7) is 6.40. The summed E-state index contributed by atoms with van der Waals surface area (Å²) >= 11 is 0. The van der Waals surface area contributed by atoms with Gasteiger partial charge in [0.25, 0.3) is 0 Å². The van der Waals surface area contributed by atoms with E-state index in [1.165, 1.54) is 0 Å². The highest BCUT2D eigenvalue weighted by Gasteiger charge is 2.15. The molecular weight excluding hydrogens is 252 g/mol. The van der Waals surface area contributed by atoms with Crippen LogP contribution in [0.25, 0.3) is 10.8 Å². The Morgan fingerprint density at radius 2 is 2.05 bits per heavy atom. The third-order valence-electron chi connectivity index (χ3n) is 3.53. The number of nitrogens with one attached hydrogen (secondary N) is 1. The van der Waals surface area contributed by atoms with Crippen LogP contribution in [0, 0.1) is 5.92 Å². The van der Waals surface area contributed by atoms with E-state index < -0.39 is 5.97 Å². The molecule has 1 atom stereocenters. The molecule has 1 aromatic carbocycles. The normalized spacial score (nSPS) is 12.6. The standard InChI is InChI=1S/C16H20N2O2/c1-4-13(10(2)3)17-15-12-8-6-5-7-11(12)9-14(18-15)16(19)20/h5-10,13H,4H2,1-3H3,(H,17,18)(H,19,20). The number of anilines is 1. The van der Waals surface area contributed by atoms with Crippen molar-refractivity contribution in [3.8, 4) is 0 Å². The molecule has 2 rings (SSSR count). The van der Waals surface area contributed by atoms with Crippen LogP contribution >= 0.6 is 0 Å². The second-order valence-electron chi connectivity index (χ2n) is 5.29. The monoisotopic (exact) mass is 272 g/mol. The highest BCUT2D eigenvalue weighted by molar-refractivity contribution is 5.97. The number of nitrogens with zero attached hydrogens (tertiary/aromatic N) is 1. The van der Waals surface area contributed by atoms with E-state index in [1.807, 2.05) is 24.3 Å². The molecule has 4 heteroatoms.